The number of amides is 1. The highest BCUT2D eigenvalue weighted by molar-refractivity contribution is 6.30. The van der Waals surface area contributed by atoms with Gasteiger partial charge in [0.05, 0.1) is 6.20 Å². The van der Waals surface area contributed by atoms with Crippen LogP contribution in [0.25, 0.3) is 5.65 Å². The molecule has 1 saturated carbocycles. The monoisotopic (exact) mass is 354 g/mol. The van der Waals surface area contributed by atoms with Crippen LogP contribution in [0.15, 0.2) is 30.5 Å². The molecule has 4 rings (SSSR count). The van der Waals surface area contributed by atoms with E-state index in [0.29, 0.717) is 17.3 Å². The first-order chi connectivity index (χ1) is 12.0. The Balaban J connectivity index is 1.73. The van der Waals surface area contributed by atoms with Gasteiger partial charge in [0.25, 0.3) is 5.91 Å². The predicted octanol–water partition coefficient (Wildman–Crippen LogP) is 3.48. The molecule has 0 unspecified atom stereocenters. The molecule has 1 N–H and O–H groups in total. The number of halogens is 1. The largest absolute Gasteiger partial charge is 0.349 e. The third kappa shape index (κ3) is 3.12. The molecule has 2 heterocycles. The van der Waals surface area contributed by atoms with Crippen molar-refractivity contribution in [2.45, 2.75) is 39.2 Å². The maximum atomic E-state index is 12.4. The molecule has 0 bridgehead atoms. The number of hydrogen-bond donors (Lipinski definition) is 1. The topological polar surface area (TPSA) is 59.3 Å². The molecule has 3 aromatic rings. The summed E-state index contributed by atoms with van der Waals surface area (Å²) in [6.07, 6.45) is 4.45. The summed E-state index contributed by atoms with van der Waals surface area (Å²) in [6.45, 7) is 3.99. The Kier molecular flexibility index (Phi) is 3.96. The second-order valence-electron chi connectivity index (χ2n) is 6.61. The fourth-order valence-electron chi connectivity index (χ4n) is 3.07. The van der Waals surface area contributed by atoms with Crippen LogP contribution in [0.2, 0.25) is 5.02 Å². The minimum Gasteiger partial charge on any atom is -0.349 e. The van der Waals surface area contributed by atoms with Crippen molar-refractivity contribution in [1.29, 1.82) is 0 Å². The van der Waals surface area contributed by atoms with Crippen LogP contribution < -0.4 is 5.32 Å². The molecule has 0 atom stereocenters. The normalized spacial score (nSPS) is 14.0. The van der Waals surface area contributed by atoms with E-state index >= 15 is 0 Å². The first kappa shape index (κ1) is 16.1. The lowest BCUT2D eigenvalue weighted by molar-refractivity contribution is 0.0952. The molecule has 1 aliphatic rings. The van der Waals surface area contributed by atoms with Crippen LogP contribution in [0.5, 0.6) is 0 Å². The number of fused-ring (bicyclic) bond motifs is 1. The van der Waals surface area contributed by atoms with Gasteiger partial charge in [-0.2, -0.15) is 5.10 Å². The van der Waals surface area contributed by atoms with Gasteiger partial charge in [0.15, 0.2) is 5.65 Å². The summed E-state index contributed by atoms with van der Waals surface area (Å²) in [5, 5.41) is 8.12. The lowest BCUT2D eigenvalue weighted by Gasteiger charge is -2.12. The predicted molar refractivity (Wildman–Crippen MR) is 97.2 cm³/mol. The SMILES string of the molecule is Cc1nc2c(C(=O)NC3CC3)cnn2c(C)c1Cc1cccc(Cl)c1. The first-order valence-electron chi connectivity index (χ1n) is 8.42. The molecule has 1 amide bonds. The Hall–Kier alpha value is -2.40. The highest BCUT2D eigenvalue weighted by Gasteiger charge is 2.26. The molecule has 5 nitrogen and oxygen atoms in total. The maximum absolute atomic E-state index is 12.4. The molecular weight excluding hydrogens is 336 g/mol. The maximum Gasteiger partial charge on any atom is 0.256 e. The fourth-order valence-corrected chi connectivity index (χ4v) is 3.28. The molecule has 6 heteroatoms. The highest BCUT2D eigenvalue weighted by Crippen LogP contribution is 2.23. The van der Waals surface area contributed by atoms with Crippen molar-refractivity contribution in [1.82, 2.24) is 19.9 Å². The van der Waals surface area contributed by atoms with E-state index < -0.39 is 0 Å². The summed E-state index contributed by atoms with van der Waals surface area (Å²) in [5.74, 6) is -0.0913. The second kappa shape index (κ2) is 6.15. The lowest BCUT2D eigenvalue weighted by atomic mass is 10.0. The Labute approximate surface area is 151 Å². The van der Waals surface area contributed by atoms with Gasteiger partial charge in [0.1, 0.15) is 5.56 Å². The van der Waals surface area contributed by atoms with Gasteiger partial charge in [-0.15, -0.1) is 0 Å². The van der Waals surface area contributed by atoms with Crippen molar-refractivity contribution in [3.8, 4) is 0 Å². The third-order valence-electron chi connectivity index (χ3n) is 4.64. The number of hydrogen-bond acceptors (Lipinski definition) is 3. The standard InChI is InChI=1S/C19H19ClN4O/c1-11-16(9-13-4-3-5-14(20)8-13)12(2)24-18(22-11)17(10-21-24)19(25)23-15-6-7-15/h3-5,8,10,15H,6-7,9H2,1-2H3,(H,23,25). The van der Waals surface area contributed by atoms with E-state index in [0.717, 1.165) is 46.8 Å². The van der Waals surface area contributed by atoms with Gasteiger partial charge in [-0.25, -0.2) is 9.50 Å². The minimum atomic E-state index is -0.0913. The van der Waals surface area contributed by atoms with Crippen molar-refractivity contribution in [2.24, 2.45) is 0 Å². The van der Waals surface area contributed by atoms with E-state index in [-0.39, 0.29) is 5.91 Å². The number of nitrogens with one attached hydrogen (secondary N) is 1. The van der Waals surface area contributed by atoms with Crippen LogP contribution in [0.3, 0.4) is 0 Å². The molecule has 1 aliphatic carbocycles. The van der Waals surface area contributed by atoms with E-state index in [4.69, 9.17) is 11.6 Å². The van der Waals surface area contributed by atoms with Crippen molar-refractivity contribution < 1.29 is 4.79 Å². The van der Waals surface area contributed by atoms with E-state index in [1.54, 1.807) is 10.7 Å². The Morgan fingerprint density at radius 3 is 2.88 bits per heavy atom. The Bertz CT molecular complexity index is 975. The van der Waals surface area contributed by atoms with Gasteiger partial charge >= 0.3 is 0 Å². The number of benzene rings is 1. The average Bonchev–Trinajstić information content (AvgIpc) is 3.28. The zero-order valence-electron chi connectivity index (χ0n) is 14.2. The average molecular weight is 355 g/mol. The molecule has 0 aliphatic heterocycles. The minimum absolute atomic E-state index is 0.0913. The fraction of sp³-hybridized carbons (Fsp3) is 0.316. The van der Waals surface area contributed by atoms with Crippen LogP contribution in [-0.2, 0) is 6.42 Å². The van der Waals surface area contributed by atoms with E-state index in [1.165, 1.54) is 0 Å². The van der Waals surface area contributed by atoms with Crippen molar-refractivity contribution in [3.05, 3.63) is 63.6 Å². The Morgan fingerprint density at radius 2 is 2.16 bits per heavy atom. The number of aromatic nitrogens is 3. The molecular formula is C19H19ClN4O. The number of nitrogens with zero attached hydrogens (tertiary/aromatic N) is 3. The molecule has 0 saturated heterocycles. The molecule has 128 valence electrons. The second-order valence-corrected chi connectivity index (χ2v) is 7.05. The summed E-state index contributed by atoms with van der Waals surface area (Å²) < 4.78 is 1.76. The third-order valence-corrected chi connectivity index (χ3v) is 4.87. The van der Waals surface area contributed by atoms with Gasteiger partial charge < -0.3 is 5.32 Å². The van der Waals surface area contributed by atoms with Crippen LogP contribution in [0.1, 0.15) is 45.7 Å². The van der Waals surface area contributed by atoms with Crippen LogP contribution in [0, 0.1) is 13.8 Å². The van der Waals surface area contributed by atoms with Gasteiger partial charge in [-0.3, -0.25) is 4.79 Å². The number of rotatable bonds is 4. The van der Waals surface area contributed by atoms with Crippen molar-refractivity contribution >= 4 is 23.2 Å². The van der Waals surface area contributed by atoms with E-state index in [9.17, 15) is 4.79 Å². The zero-order chi connectivity index (χ0) is 17.6. The highest BCUT2D eigenvalue weighted by atomic mass is 35.5. The molecule has 0 radical (unpaired) electrons. The summed E-state index contributed by atoms with van der Waals surface area (Å²) in [7, 11) is 0. The van der Waals surface area contributed by atoms with Crippen LogP contribution >= 0.6 is 11.6 Å². The van der Waals surface area contributed by atoms with E-state index in [1.807, 2.05) is 38.1 Å². The quantitative estimate of drug-likeness (QED) is 0.780. The molecule has 1 fully saturated rings. The zero-order valence-corrected chi connectivity index (χ0v) is 15.0. The number of carbonyl (C=O) groups is 1. The summed E-state index contributed by atoms with van der Waals surface area (Å²) >= 11 is 6.09. The summed E-state index contributed by atoms with van der Waals surface area (Å²) in [5.41, 5.74) is 5.28. The number of carbonyl (C=O) groups excluding carboxylic acids is 1. The van der Waals surface area contributed by atoms with Crippen LogP contribution in [0.4, 0.5) is 0 Å². The lowest BCUT2D eigenvalue weighted by Crippen LogP contribution is -2.25. The van der Waals surface area contributed by atoms with Gasteiger partial charge in [-0.1, -0.05) is 23.7 Å². The Morgan fingerprint density at radius 1 is 1.36 bits per heavy atom. The van der Waals surface area contributed by atoms with Crippen molar-refractivity contribution in [3.63, 3.8) is 0 Å². The van der Waals surface area contributed by atoms with Gasteiger partial charge in [0.2, 0.25) is 0 Å². The smallest absolute Gasteiger partial charge is 0.256 e. The van der Waals surface area contributed by atoms with Gasteiger partial charge in [0, 0.05) is 28.9 Å². The summed E-state index contributed by atoms with van der Waals surface area (Å²) in [6, 6.07) is 8.13. The van der Waals surface area contributed by atoms with Crippen molar-refractivity contribution in [2.75, 3.05) is 0 Å². The molecule has 2 aromatic heterocycles. The molecule has 1 aromatic carbocycles. The first-order valence-corrected chi connectivity index (χ1v) is 8.80. The van der Waals surface area contributed by atoms with E-state index in [2.05, 4.69) is 15.4 Å². The molecule has 25 heavy (non-hydrogen) atoms. The summed E-state index contributed by atoms with van der Waals surface area (Å²) in [4.78, 5) is 17.1. The van der Waals surface area contributed by atoms with Gasteiger partial charge in [-0.05, 0) is 49.9 Å². The van der Waals surface area contributed by atoms with Crippen LogP contribution in [-0.4, -0.2) is 26.5 Å². The molecule has 0 spiro atoms. The number of aryl methyl sites for hydroxylation is 2.